The third-order valence-corrected chi connectivity index (χ3v) is 3.50. The van der Waals surface area contributed by atoms with Crippen molar-refractivity contribution in [3.8, 4) is 16.9 Å². The first-order valence-electron chi connectivity index (χ1n) is 6.42. The molecule has 19 heavy (non-hydrogen) atoms. The standard InChI is InChI=1S/C18H16O/c1-13-7-3-6-10-16(13)17-11-14-8-4-5-9-15(14)12-18(17)19-2/h3-12H,1-2H3. The average Bonchev–Trinajstić information content (AvgIpc) is 2.46. The highest BCUT2D eigenvalue weighted by Gasteiger charge is 2.09. The van der Waals surface area contributed by atoms with Gasteiger partial charge in [0.05, 0.1) is 7.11 Å². The first kappa shape index (κ1) is 11.8. The molecule has 0 aliphatic carbocycles. The lowest BCUT2D eigenvalue weighted by molar-refractivity contribution is 0.417. The Hall–Kier alpha value is -2.28. The molecule has 0 heterocycles. The Labute approximate surface area is 113 Å². The van der Waals surface area contributed by atoms with E-state index < -0.39 is 0 Å². The number of hydrogen-bond acceptors (Lipinski definition) is 1. The summed E-state index contributed by atoms with van der Waals surface area (Å²) in [6.45, 7) is 2.13. The number of benzene rings is 3. The van der Waals surface area contributed by atoms with Gasteiger partial charge in [0.2, 0.25) is 0 Å². The Bertz CT molecular complexity index is 729. The lowest BCUT2D eigenvalue weighted by Gasteiger charge is -2.12. The molecule has 0 aromatic heterocycles. The minimum atomic E-state index is 0.924. The summed E-state index contributed by atoms with van der Waals surface area (Å²) >= 11 is 0. The van der Waals surface area contributed by atoms with Crippen molar-refractivity contribution in [1.29, 1.82) is 0 Å². The maximum atomic E-state index is 5.56. The van der Waals surface area contributed by atoms with Crippen LogP contribution in [0.4, 0.5) is 0 Å². The molecular formula is C18H16O. The van der Waals surface area contributed by atoms with Crippen molar-refractivity contribution < 1.29 is 4.74 Å². The third kappa shape index (κ3) is 2.08. The monoisotopic (exact) mass is 248 g/mol. The molecule has 0 saturated carbocycles. The molecule has 0 bridgehead atoms. The van der Waals surface area contributed by atoms with Crippen molar-refractivity contribution in [2.75, 3.05) is 7.11 Å². The molecule has 0 unspecified atom stereocenters. The summed E-state index contributed by atoms with van der Waals surface area (Å²) in [7, 11) is 1.73. The van der Waals surface area contributed by atoms with Gasteiger partial charge >= 0.3 is 0 Å². The SMILES string of the molecule is COc1cc2ccccc2cc1-c1ccccc1C. The second-order valence-corrected chi connectivity index (χ2v) is 4.71. The van der Waals surface area contributed by atoms with E-state index in [4.69, 9.17) is 4.74 Å². The molecule has 94 valence electrons. The lowest BCUT2D eigenvalue weighted by Crippen LogP contribution is -1.90. The molecule has 1 heteroatoms. The van der Waals surface area contributed by atoms with Gasteiger partial charge in [0.15, 0.2) is 0 Å². The van der Waals surface area contributed by atoms with Gasteiger partial charge in [-0.3, -0.25) is 0 Å². The van der Waals surface area contributed by atoms with Crippen molar-refractivity contribution in [2.45, 2.75) is 6.92 Å². The van der Waals surface area contributed by atoms with Crippen molar-refractivity contribution in [1.82, 2.24) is 0 Å². The van der Waals surface area contributed by atoms with Gasteiger partial charge in [-0.2, -0.15) is 0 Å². The second kappa shape index (κ2) is 4.77. The largest absolute Gasteiger partial charge is 0.496 e. The van der Waals surface area contributed by atoms with Crippen LogP contribution >= 0.6 is 0 Å². The Kier molecular flexibility index (Phi) is 2.96. The quantitative estimate of drug-likeness (QED) is 0.631. The number of rotatable bonds is 2. The Morgan fingerprint density at radius 2 is 1.37 bits per heavy atom. The summed E-state index contributed by atoms with van der Waals surface area (Å²) in [5.74, 6) is 0.924. The van der Waals surface area contributed by atoms with E-state index >= 15 is 0 Å². The molecule has 3 aromatic rings. The third-order valence-electron chi connectivity index (χ3n) is 3.50. The van der Waals surface area contributed by atoms with Crippen LogP contribution < -0.4 is 4.74 Å². The minimum Gasteiger partial charge on any atom is -0.496 e. The molecular weight excluding hydrogens is 232 g/mol. The van der Waals surface area contributed by atoms with Gasteiger partial charge in [-0.15, -0.1) is 0 Å². The van der Waals surface area contributed by atoms with E-state index in [0.717, 1.165) is 11.3 Å². The average molecular weight is 248 g/mol. The molecule has 0 spiro atoms. The topological polar surface area (TPSA) is 9.23 Å². The van der Waals surface area contributed by atoms with E-state index in [1.54, 1.807) is 7.11 Å². The number of aryl methyl sites for hydroxylation is 1. The van der Waals surface area contributed by atoms with Gasteiger partial charge in [-0.25, -0.2) is 0 Å². The predicted octanol–water partition coefficient (Wildman–Crippen LogP) is 4.82. The van der Waals surface area contributed by atoms with Crippen molar-refractivity contribution in [3.63, 3.8) is 0 Å². The molecule has 0 saturated heterocycles. The molecule has 0 aliphatic heterocycles. The van der Waals surface area contributed by atoms with Crippen LogP contribution in [-0.4, -0.2) is 7.11 Å². The zero-order valence-corrected chi connectivity index (χ0v) is 11.2. The maximum Gasteiger partial charge on any atom is 0.127 e. The Balaban J connectivity index is 2.31. The van der Waals surface area contributed by atoms with E-state index in [2.05, 4.69) is 67.6 Å². The summed E-state index contributed by atoms with van der Waals surface area (Å²) < 4.78 is 5.56. The van der Waals surface area contributed by atoms with Gasteiger partial charge in [0, 0.05) is 5.56 Å². The smallest absolute Gasteiger partial charge is 0.127 e. The van der Waals surface area contributed by atoms with E-state index in [0.29, 0.717) is 0 Å². The first-order valence-corrected chi connectivity index (χ1v) is 6.42. The van der Waals surface area contributed by atoms with Crippen LogP contribution in [0.5, 0.6) is 5.75 Å². The highest BCUT2D eigenvalue weighted by Crippen LogP contribution is 2.35. The number of fused-ring (bicyclic) bond motifs is 1. The van der Waals surface area contributed by atoms with Gasteiger partial charge in [-0.05, 0) is 41.0 Å². The van der Waals surface area contributed by atoms with E-state index in [9.17, 15) is 0 Å². The number of methoxy groups -OCH3 is 1. The van der Waals surface area contributed by atoms with E-state index in [-0.39, 0.29) is 0 Å². The zero-order chi connectivity index (χ0) is 13.2. The van der Waals surface area contributed by atoms with Gasteiger partial charge in [0.1, 0.15) is 5.75 Å². The summed E-state index contributed by atoms with van der Waals surface area (Å²) in [4.78, 5) is 0. The molecule has 3 aromatic carbocycles. The molecule has 3 rings (SSSR count). The molecule has 0 N–H and O–H groups in total. The summed E-state index contributed by atoms with van der Waals surface area (Å²) in [5, 5.41) is 2.44. The predicted molar refractivity (Wildman–Crippen MR) is 80.7 cm³/mol. The second-order valence-electron chi connectivity index (χ2n) is 4.71. The van der Waals surface area contributed by atoms with Gasteiger partial charge in [-0.1, -0.05) is 48.5 Å². The highest BCUT2D eigenvalue weighted by atomic mass is 16.5. The summed E-state index contributed by atoms with van der Waals surface area (Å²) in [6.07, 6.45) is 0. The normalized spacial score (nSPS) is 10.6. The van der Waals surface area contributed by atoms with Gasteiger partial charge < -0.3 is 4.74 Å². The molecule has 0 amide bonds. The Morgan fingerprint density at radius 1 is 0.737 bits per heavy atom. The van der Waals surface area contributed by atoms with Crippen LogP contribution in [0, 0.1) is 6.92 Å². The van der Waals surface area contributed by atoms with Crippen LogP contribution in [0.3, 0.4) is 0 Å². The first-order chi connectivity index (χ1) is 9.29. The molecule has 1 nitrogen and oxygen atoms in total. The zero-order valence-electron chi connectivity index (χ0n) is 11.2. The summed E-state index contributed by atoms with van der Waals surface area (Å²) in [5.41, 5.74) is 3.64. The fraction of sp³-hybridized carbons (Fsp3) is 0.111. The molecule has 0 radical (unpaired) electrons. The maximum absolute atomic E-state index is 5.56. The molecule has 0 fully saturated rings. The van der Waals surface area contributed by atoms with Crippen LogP contribution in [0.2, 0.25) is 0 Å². The lowest BCUT2D eigenvalue weighted by atomic mass is 9.97. The van der Waals surface area contributed by atoms with Crippen molar-refractivity contribution in [2.24, 2.45) is 0 Å². The number of hydrogen-bond donors (Lipinski definition) is 0. The molecule has 0 atom stereocenters. The minimum absolute atomic E-state index is 0.924. The van der Waals surface area contributed by atoms with E-state index in [1.165, 1.54) is 21.9 Å². The van der Waals surface area contributed by atoms with Crippen LogP contribution in [0.25, 0.3) is 21.9 Å². The number of ether oxygens (including phenoxy) is 1. The summed E-state index contributed by atoms with van der Waals surface area (Å²) in [6, 6.07) is 21.1. The van der Waals surface area contributed by atoms with E-state index in [1.807, 2.05) is 0 Å². The van der Waals surface area contributed by atoms with Crippen LogP contribution in [0.1, 0.15) is 5.56 Å². The fourth-order valence-electron chi connectivity index (χ4n) is 2.47. The molecule has 0 aliphatic rings. The van der Waals surface area contributed by atoms with Crippen molar-refractivity contribution in [3.05, 3.63) is 66.2 Å². The van der Waals surface area contributed by atoms with Crippen molar-refractivity contribution >= 4 is 10.8 Å². The van der Waals surface area contributed by atoms with Crippen LogP contribution in [0.15, 0.2) is 60.7 Å². The Morgan fingerprint density at radius 3 is 2.05 bits per heavy atom. The van der Waals surface area contributed by atoms with Gasteiger partial charge in [0.25, 0.3) is 0 Å². The highest BCUT2D eigenvalue weighted by molar-refractivity contribution is 5.91. The van der Waals surface area contributed by atoms with Crippen LogP contribution in [-0.2, 0) is 0 Å². The fourth-order valence-corrected chi connectivity index (χ4v) is 2.47.